The van der Waals surface area contributed by atoms with Crippen LogP contribution < -0.4 is 10.5 Å². The first-order valence-corrected chi connectivity index (χ1v) is 4.87. The van der Waals surface area contributed by atoms with Crippen LogP contribution in [0, 0.1) is 19.3 Å². The van der Waals surface area contributed by atoms with Crippen LogP contribution in [0.3, 0.4) is 0 Å². The van der Waals surface area contributed by atoms with Crippen LogP contribution in [0.1, 0.15) is 17.5 Å². The topological polar surface area (TPSA) is 59.1 Å². The van der Waals surface area contributed by atoms with Gasteiger partial charge in [0.1, 0.15) is 11.6 Å². The summed E-state index contributed by atoms with van der Waals surface area (Å²) in [7, 11) is 0. The standard InChI is InChI=1S/C12H16N2O.W.Y/c1-3-5-9-8-10(12(13)14)6-7-11(9)15-4-2;;/h6-8H,1-5H2,(H3,13,14);;/q-2;;. The molecule has 1 aromatic carbocycles. The Kier molecular flexibility index (Phi) is 11.8. The Bertz CT molecular complexity index is 358. The Labute approximate surface area is 143 Å². The number of ether oxygens (including phenoxy) is 1. The van der Waals surface area contributed by atoms with Crippen molar-refractivity contribution in [2.45, 2.75) is 12.8 Å². The molecule has 0 fully saturated rings. The number of hydrogen-bond donors (Lipinski definition) is 2. The minimum Gasteiger partial charge on any atom is -0.525 e. The first-order valence-electron chi connectivity index (χ1n) is 4.87. The molecule has 3 nitrogen and oxygen atoms in total. The van der Waals surface area contributed by atoms with Gasteiger partial charge in [-0.3, -0.25) is 5.41 Å². The maximum absolute atomic E-state index is 7.35. The average molecular weight is 477 g/mol. The smallest absolute Gasteiger partial charge is 0.122 e. The predicted molar refractivity (Wildman–Crippen MR) is 62.0 cm³/mol. The average Bonchev–Trinajstić information content (AvgIpc) is 2.21. The number of benzene rings is 1. The predicted octanol–water partition coefficient (Wildman–Crippen LogP) is 1.95. The first-order chi connectivity index (χ1) is 7.19. The summed E-state index contributed by atoms with van der Waals surface area (Å²) in [6, 6.07) is 5.48. The van der Waals surface area contributed by atoms with Crippen LogP contribution in [-0.4, -0.2) is 12.4 Å². The van der Waals surface area contributed by atoms with Gasteiger partial charge in [-0.15, -0.1) is 0 Å². The third kappa shape index (κ3) is 6.13. The van der Waals surface area contributed by atoms with Crippen LogP contribution in [0.2, 0.25) is 0 Å². The normalized spacial score (nSPS) is 8.82. The summed E-state index contributed by atoms with van der Waals surface area (Å²) in [6.45, 7) is 7.83. The minimum absolute atomic E-state index is 0. The summed E-state index contributed by atoms with van der Waals surface area (Å²) >= 11 is 0. The number of hydrogen-bond acceptors (Lipinski definition) is 2. The molecule has 0 bridgehead atoms. The second kappa shape index (κ2) is 10.2. The van der Waals surface area contributed by atoms with Crippen molar-refractivity contribution in [3.63, 3.8) is 0 Å². The molecule has 91 valence electrons. The summed E-state index contributed by atoms with van der Waals surface area (Å²) < 4.78 is 5.37. The molecule has 0 aliphatic heterocycles. The van der Waals surface area contributed by atoms with Crippen molar-refractivity contribution in [1.82, 2.24) is 0 Å². The van der Waals surface area contributed by atoms with Crippen molar-refractivity contribution >= 4 is 5.84 Å². The molecule has 0 saturated carbocycles. The van der Waals surface area contributed by atoms with E-state index >= 15 is 0 Å². The molecular formula is C12H16N2OWY-2. The second-order valence-corrected chi connectivity index (χ2v) is 3.19. The molecule has 0 amide bonds. The van der Waals surface area contributed by atoms with E-state index in [4.69, 9.17) is 15.9 Å². The third-order valence-corrected chi connectivity index (χ3v) is 2.08. The van der Waals surface area contributed by atoms with E-state index in [0.717, 1.165) is 29.7 Å². The molecule has 0 atom stereocenters. The van der Waals surface area contributed by atoms with Gasteiger partial charge < -0.3 is 24.3 Å². The summed E-state index contributed by atoms with van der Waals surface area (Å²) in [5.41, 5.74) is 7.16. The van der Waals surface area contributed by atoms with Crippen molar-refractivity contribution in [1.29, 1.82) is 5.41 Å². The first kappa shape index (κ1) is 19.6. The van der Waals surface area contributed by atoms with Crippen LogP contribution in [0.5, 0.6) is 5.75 Å². The van der Waals surface area contributed by atoms with E-state index in [0.29, 0.717) is 6.61 Å². The molecule has 1 rings (SSSR count). The van der Waals surface area contributed by atoms with Crippen LogP contribution in [0.25, 0.3) is 0 Å². The van der Waals surface area contributed by atoms with Gasteiger partial charge in [0.25, 0.3) is 0 Å². The van der Waals surface area contributed by atoms with Crippen molar-refractivity contribution < 1.29 is 58.5 Å². The van der Waals surface area contributed by atoms with E-state index in [9.17, 15) is 0 Å². The summed E-state index contributed by atoms with van der Waals surface area (Å²) in [6.07, 6.45) is 1.60. The zero-order chi connectivity index (χ0) is 11.3. The number of nitrogen functional groups attached to an aromatic ring is 1. The second-order valence-electron chi connectivity index (χ2n) is 3.19. The Morgan fingerprint density at radius 2 is 2.00 bits per heavy atom. The van der Waals surface area contributed by atoms with Crippen molar-refractivity contribution in [2.75, 3.05) is 6.61 Å². The van der Waals surface area contributed by atoms with Gasteiger partial charge in [0, 0.05) is 59.3 Å². The third-order valence-electron chi connectivity index (χ3n) is 2.08. The van der Waals surface area contributed by atoms with E-state index in [2.05, 4.69) is 13.8 Å². The molecule has 0 spiro atoms. The van der Waals surface area contributed by atoms with E-state index in [1.807, 2.05) is 12.1 Å². The molecule has 0 heterocycles. The largest absolute Gasteiger partial charge is 0.525 e. The Balaban J connectivity index is 0. The number of nitrogens with two attached hydrogens (primary N) is 1. The summed E-state index contributed by atoms with van der Waals surface area (Å²) in [4.78, 5) is 0. The number of rotatable bonds is 5. The van der Waals surface area contributed by atoms with Gasteiger partial charge in [-0.25, -0.2) is 0 Å². The van der Waals surface area contributed by atoms with Gasteiger partial charge in [-0.05, 0) is 30.4 Å². The van der Waals surface area contributed by atoms with E-state index < -0.39 is 0 Å². The van der Waals surface area contributed by atoms with E-state index in [1.165, 1.54) is 0 Å². The summed E-state index contributed by atoms with van der Waals surface area (Å²) in [5.74, 6) is 0.875. The van der Waals surface area contributed by atoms with Crippen LogP contribution in [-0.2, 0) is 60.2 Å². The molecule has 17 heavy (non-hydrogen) atoms. The fraction of sp³-hybridized carbons (Fsp3) is 0.250. The minimum atomic E-state index is 0. The van der Waals surface area contributed by atoms with Crippen molar-refractivity contribution in [2.24, 2.45) is 5.73 Å². The SMILES string of the molecule is [CH2-]CCc1cc(C(=N)N)ccc1OC[CH2-].[W].[Y]. The fourth-order valence-corrected chi connectivity index (χ4v) is 1.38. The van der Waals surface area contributed by atoms with Gasteiger partial charge in [0.2, 0.25) is 0 Å². The fourth-order valence-electron chi connectivity index (χ4n) is 1.38. The van der Waals surface area contributed by atoms with Gasteiger partial charge in [0.15, 0.2) is 0 Å². The van der Waals surface area contributed by atoms with Crippen LogP contribution >= 0.6 is 0 Å². The van der Waals surface area contributed by atoms with E-state index in [1.54, 1.807) is 6.07 Å². The maximum Gasteiger partial charge on any atom is 0.122 e. The summed E-state index contributed by atoms with van der Waals surface area (Å²) in [5, 5.41) is 7.35. The number of amidine groups is 1. The van der Waals surface area contributed by atoms with Crippen LogP contribution in [0.15, 0.2) is 18.2 Å². The molecule has 0 aromatic heterocycles. The maximum atomic E-state index is 7.35. The van der Waals surface area contributed by atoms with Gasteiger partial charge in [-0.2, -0.15) is 6.42 Å². The molecule has 3 N–H and O–H groups in total. The molecule has 0 saturated heterocycles. The Hall–Kier alpha value is 0.282. The van der Waals surface area contributed by atoms with E-state index in [-0.39, 0.29) is 59.6 Å². The van der Waals surface area contributed by atoms with Gasteiger partial charge in [-0.1, -0.05) is 6.42 Å². The molecule has 0 unspecified atom stereocenters. The molecule has 0 aliphatic carbocycles. The number of nitrogens with one attached hydrogen (secondary N) is 1. The molecule has 0 aliphatic rings. The monoisotopic (exact) mass is 477 g/mol. The van der Waals surface area contributed by atoms with Crippen molar-refractivity contribution in [3.05, 3.63) is 43.2 Å². The molecule has 1 radical (unpaired) electrons. The molecule has 5 heteroatoms. The quantitative estimate of drug-likeness (QED) is 0.387. The molecular weight excluding hydrogens is 461 g/mol. The zero-order valence-corrected chi connectivity index (χ0v) is 15.5. The van der Waals surface area contributed by atoms with Crippen molar-refractivity contribution in [3.8, 4) is 5.75 Å². The van der Waals surface area contributed by atoms with Gasteiger partial charge >= 0.3 is 0 Å². The Morgan fingerprint density at radius 3 is 2.47 bits per heavy atom. The van der Waals surface area contributed by atoms with Gasteiger partial charge in [0.05, 0.1) is 0 Å². The van der Waals surface area contributed by atoms with Crippen LogP contribution in [0.4, 0.5) is 0 Å². The molecule has 1 aromatic rings. The zero-order valence-electron chi connectivity index (χ0n) is 9.74. The Morgan fingerprint density at radius 1 is 1.35 bits per heavy atom. The number of aryl methyl sites for hydroxylation is 1.